The van der Waals surface area contributed by atoms with Gasteiger partial charge in [-0.15, -0.1) is 0 Å². The lowest BCUT2D eigenvalue weighted by Gasteiger charge is -2.25. The van der Waals surface area contributed by atoms with Gasteiger partial charge in [-0.2, -0.15) is 0 Å². The number of H-pyrrole nitrogens is 1. The van der Waals surface area contributed by atoms with Gasteiger partial charge in [0, 0.05) is 29.2 Å². The number of methoxy groups -OCH3 is 2. The third kappa shape index (κ3) is 4.09. The number of ether oxygens (including phenoxy) is 2. The zero-order valence-corrected chi connectivity index (χ0v) is 20.0. The zero-order valence-electron chi connectivity index (χ0n) is 20.0. The minimum Gasteiger partial charge on any atom is -0.507 e. The molecule has 1 aromatic heterocycles. The maximum Gasteiger partial charge on any atom is 0.295 e. The van der Waals surface area contributed by atoms with Gasteiger partial charge < -0.3 is 24.5 Å². The van der Waals surface area contributed by atoms with Crippen LogP contribution in [-0.4, -0.2) is 47.4 Å². The van der Waals surface area contributed by atoms with E-state index in [0.717, 1.165) is 16.5 Å². The van der Waals surface area contributed by atoms with Crippen molar-refractivity contribution in [3.63, 3.8) is 0 Å². The summed E-state index contributed by atoms with van der Waals surface area (Å²) in [6, 6.07) is 21.1. The molecule has 2 heterocycles. The highest BCUT2D eigenvalue weighted by Gasteiger charge is 2.46. The number of rotatable bonds is 7. The van der Waals surface area contributed by atoms with E-state index in [-0.39, 0.29) is 11.3 Å². The van der Waals surface area contributed by atoms with Crippen molar-refractivity contribution in [3.05, 3.63) is 101 Å². The Morgan fingerprint density at radius 2 is 1.69 bits per heavy atom. The molecule has 1 atom stereocenters. The molecule has 0 bridgehead atoms. The number of carbonyl (C=O) groups excluding carboxylic acids is 2. The van der Waals surface area contributed by atoms with E-state index in [2.05, 4.69) is 4.98 Å². The largest absolute Gasteiger partial charge is 0.507 e. The topological polar surface area (TPSA) is 91.9 Å². The Morgan fingerprint density at radius 3 is 2.44 bits per heavy atom. The van der Waals surface area contributed by atoms with Crippen molar-refractivity contribution in [1.29, 1.82) is 0 Å². The number of ketones is 1. The first-order chi connectivity index (χ1) is 17.5. The quantitative estimate of drug-likeness (QED) is 0.223. The van der Waals surface area contributed by atoms with Gasteiger partial charge >= 0.3 is 0 Å². The number of carbonyl (C=O) groups is 2. The van der Waals surface area contributed by atoms with Crippen LogP contribution >= 0.6 is 0 Å². The molecule has 5 rings (SSSR count). The molecule has 36 heavy (non-hydrogen) atoms. The molecule has 0 radical (unpaired) electrons. The number of Topliss-reactive ketones (excluding diaryl/α,β-unsaturated/α-hetero) is 1. The summed E-state index contributed by atoms with van der Waals surface area (Å²) in [7, 11) is 3.11. The number of nitrogens with one attached hydrogen (secondary N) is 1. The van der Waals surface area contributed by atoms with Crippen molar-refractivity contribution >= 4 is 28.4 Å². The molecule has 7 heteroatoms. The molecular formula is C29H26N2O5. The lowest BCUT2D eigenvalue weighted by atomic mass is 9.95. The lowest BCUT2D eigenvalue weighted by Crippen LogP contribution is -2.31. The van der Waals surface area contributed by atoms with E-state index in [1.54, 1.807) is 56.7 Å². The Bertz CT molecular complexity index is 1470. The molecule has 2 N–H and O–H groups in total. The molecule has 1 fully saturated rings. The van der Waals surface area contributed by atoms with Gasteiger partial charge in [-0.05, 0) is 60.0 Å². The van der Waals surface area contributed by atoms with E-state index >= 15 is 0 Å². The fourth-order valence-corrected chi connectivity index (χ4v) is 4.75. The van der Waals surface area contributed by atoms with E-state index in [1.165, 1.54) is 4.90 Å². The number of amides is 1. The molecule has 182 valence electrons. The van der Waals surface area contributed by atoms with Gasteiger partial charge in [-0.3, -0.25) is 9.59 Å². The van der Waals surface area contributed by atoms with Crippen molar-refractivity contribution in [1.82, 2.24) is 9.88 Å². The molecule has 1 aliphatic heterocycles. The number of fused-ring (bicyclic) bond motifs is 1. The number of nitrogens with zero attached hydrogens (tertiary/aromatic N) is 1. The fraction of sp³-hybridized carbons (Fsp3) is 0.172. The Morgan fingerprint density at radius 1 is 0.944 bits per heavy atom. The molecule has 1 amide bonds. The number of likely N-dealkylation sites (tertiary alicyclic amines) is 1. The van der Waals surface area contributed by atoms with E-state index < -0.39 is 17.7 Å². The Kier molecular flexibility index (Phi) is 6.21. The predicted octanol–water partition coefficient (Wildman–Crippen LogP) is 4.85. The first-order valence-electron chi connectivity index (χ1n) is 11.6. The van der Waals surface area contributed by atoms with E-state index in [9.17, 15) is 14.7 Å². The number of hydrogen-bond donors (Lipinski definition) is 2. The maximum absolute atomic E-state index is 13.3. The van der Waals surface area contributed by atoms with Crippen molar-refractivity contribution < 1.29 is 24.2 Å². The van der Waals surface area contributed by atoms with Gasteiger partial charge in [0.1, 0.15) is 17.3 Å². The van der Waals surface area contributed by atoms with E-state index in [4.69, 9.17) is 9.47 Å². The van der Waals surface area contributed by atoms with Crippen LogP contribution in [-0.2, 0) is 16.0 Å². The summed E-state index contributed by atoms with van der Waals surface area (Å²) in [5.74, 6) is -0.361. The van der Waals surface area contributed by atoms with Gasteiger partial charge in [0.25, 0.3) is 11.7 Å². The summed E-state index contributed by atoms with van der Waals surface area (Å²) in [5, 5.41) is 12.3. The summed E-state index contributed by atoms with van der Waals surface area (Å²) in [6.45, 7) is 0.299. The van der Waals surface area contributed by atoms with Crippen molar-refractivity contribution in [3.8, 4) is 11.5 Å². The van der Waals surface area contributed by atoms with Crippen LogP contribution in [0.1, 0.15) is 22.7 Å². The molecule has 7 nitrogen and oxygen atoms in total. The summed E-state index contributed by atoms with van der Waals surface area (Å²) >= 11 is 0. The van der Waals surface area contributed by atoms with Crippen molar-refractivity contribution in [2.75, 3.05) is 20.8 Å². The maximum atomic E-state index is 13.3. The molecule has 1 saturated heterocycles. The number of para-hydroxylation sites is 1. The summed E-state index contributed by atoms with van der Waals surface area (Å²) in [6.07, 6.45) is 2.47. The summed E-state index contributed by atoms with van der Waals surface area (Å²) < 4.78 is 10.6. The second kappa shape index (κ2) is 9.62. The van der Waals surface area contributed by atoms with Crippen LogP contribution < -0.4 is 9.47 Å². The highest BCUT2D eigenvalue weighted by Crippen LogP contribution is 2.40. The molecule has 0 spiro atoms. The number of hydrogen-bond acceptors (Lipinski definition) is 5. The third-order valence-corrected chi connectivity index (χ3v) is 6.61. The average molecular weight is 483 g/mol. The average Bonchev–Trinajstić information content (AvgIpc) is 3.45. The normalized spacial score (nSPS) is 17.1. The van der Waals surface area contributed by atoms with E-state index in [0.29, 0.717) is 35.6 Å². The Hall–Kier alpha value is -4.52. The Balaban J connectivity index is 1.57. The summed E-state index contributed by atoms with van der Waals surface area (Å²) in [4.78, 5) is 31.4. The number of aromatic nitrogens is 1. The second-order valence-electron chi connectivity index (χ2n) is 8.61. The van der Waals surface area contributed by atoms with Crippen LogP contribution in [0.25, 0.3) is 16.7 Å². The van der Waals surface area contributed by atoms with Crippen molar-refractivity contribution in [2.45, 2.75) is 12.5 Å². The SMILES string of the molecule is COc1ccc(/C(O)=C2/C(=O)C(=O)N(CCc3c[nH]c4ccccc34)C2c2cccc(OC)c2)cc1. The fourth-order valence-electron chi connectivity index (χ4n) is 4.75. The molecule has 0 aliphatic carbocycles. The molecule has 3 aromatic carbocycles. The number of aliphatic hydroxyl groups excluding tert-OH is 1. The van der Waals surface area contributed by atoms with Crippen LogP contribution in [0.15, 0.2) is 84.6 Å². The van der Waals surface area contributed by atoms with Crippen molar-refractivity contribution in [2.24, 2.45) is 0 Å². The Labute approximate surface area is 208 Å². The highest BCUT2D eigenvalue weighted by molar-refractivity contribution is 6.46. The first kappa shape index (κ1) is 23.2. The van der Waals surface area contributed by atoms with Crippen LogP contribution in [0.2, 0.25) is 0 Å². The molecule has 4 aromatic rings. The van der Waals surface area contributed by atoms with Gasteiger partial charge in [-0.1, -0.05) is 30.3 Å². The number of aromatic amines is 1. The minimum absolute atomic E-state index is 0.0531. The smallest absolute Gasteiger partial charge is 0.295 e. The third-order valence-electron chi connectivity index (χ3n) is 6.61. The standard InChI is InChI=1S/C29H26N2O5/c1-35-21-12-10-18(11-13-21)27(32)25-26(19-6-5-7-22(16-19)36-2)31(29(34)28(25)33)15-14-20-17-30-24-9-4-3-8-23(20)24/h3-13,16-17,26,30,32H,14-15H2,1-2H3/b27-25-. The number of aliphatic hydroxyl groups is 1. The van der Waals surface area contributed by atoms with E-state index in [1.807, 2.05) is 36.5 Å². The van der Waals surface area contributed by atoms with Crippen LogP contribution in [0.5, 0.6) is 11.5 Å². The van der Waals surface area contributed by atoms with Crippen LogP contribution in [0.4, 0.5) is 0 Å². The number of benzene rings is 3. The van der Waals surface area contributed by atoms with Gasteiger partial charge in [-0.25, -0.2) is 0 Å². The minimum atomic E-state index is -0.757. The lowest BCUT2D eigenvalue weighted by molar-refractivity contribution is -0.139. The predicted molar refractivity (Wildman–Crippen MR) is 137 cm³/mol. The summed E-state index contributed by atoms with van der Waals surface area (Å²) in [5.41, 5.74) is 3.23. The van der Waals surface area contributed by atoms with Gasteiger partial charge in [0.2, 0.25) is 0 Å². The second-order valence-corrected chi connectivity index (χ2v) is 8.61. The molecular weight excluding hydrogens is 456 g/mol. The molecule has 1 aliphatic rings. The molecule has 0 saturated carbocycles. The van der Waals surface area contributed by atoms with Gasteiger partial charge in [0.15, 0.2) is 0 Å². The van der Waals surface area contributed by atoms with Crippen LogP contribution in [0.3, 0.4) is 0 Å². The monoisotopic (exact) mass is 482 g/mol. The highest BCUT2D eigenvalue weighted by atomic mass is 16.5. The molecule has 1 unspecified atom stereocenters. The zero-order chi connectivity index (χ0) is 25.2. The van der Waals surface area contributed by atoms with Crippen LogP contribution in [0, 0.1) is 0 Å². The van der Waals surface area contributed by atoms with Gasteiger partial charge in [0.05, 0.1) is 25.8 Å². The first-order valence-corrected chi connectivity index (χ1v) is 11.6.